The molecule has 1 fully saturated rings. The minimum atomic E-state index is -0.322. The first-order chi connectivity index (χ1) is 13.4. The van der Waals surface area contributed by atoms with Crippen LogP contribution in [0.1, 0.15) is 53.9 Å². The second-order valence-corrected chi connectivity index (χ2v) is 8.58. The normalized spacial score (nSPS) is 19.0. The summed E-state index contributed by atoms with van der Waals surface area (Å²) in [5.41, 5.74) is 11.9. The number of hydrogen-bond donors (Lipinski definition) is 3. The van der Waals surface area contributed by atoms with E-state index in [1.165, 1.54) is 0 Å². The Morgan fingerprint density at radius 3 is 2.64 bits per heavy atom. The van der Waals surface area contributed by atoms with Gasteiger partial charge in [-0.1, -0.05) is 19.9 Å². The van der Waals surface area contributed by atoms with Gasteiger partial charge in [0.05, 0.1) is 11.7 Å². The molecule has 0 radical (unpaired) electrons. The van der Waals surface area contributed by atoms with Crippen molar-refractivity contribution in [2.45, 2.75) is 38.2 Å². The molecule has 5 heteroatoms. The van der Waals surface area contributed by atoms with Gasteiger partial charge in [-0.25, -0.2) is 0 Å². The molecule has 5 rings (SSSR count). The van der Waals surface area contributed by atoms with Crippen LogP contribution >= 0.6 is 0 Å². The van der Waals surface area contributed by atoms with Gasteiger partial charge in [-0.15, -0.1) is 0 Å². The van der Waals surface area contributed by atoms with Crippen LogP contribution in [0, 0.1) is 0 Å². The number of hydrogen-bond acceptors (Lipinski definition) is 4. The van der Waals surface area contributed by atoms with Gasteiger partial charge in [-0.05, 0) is 48.7 Å². The van der Waals surface area contributed by atoms with E-state index in [4.69, 9.17) is 5.73 Å². The molecule has 2 aliphatic rings. The Balaban J connectivity index is 1.65. The second-order valence-electron chi connectivity index (χ2n) is 8.58. The molecule has 28 heavy (non-hydrogen) atoms. The molecule has 0 unspecified atom stereocenters. The monoisotopic (exact) mass is 375 g/mol. The minimum Gasteiger partial charge on any atom is -0.399 e. The Morgan fingerprint density at radius 2 is 1.89 bits per heavy atom. The molecule has 0 amide bonds. The predicted octanol–water partition coefficient (Wildman–Crippen LogP) is 3.58. The Hall–Kier alpha value is -2.79. The molecule has 4 N–H and O–H groups in total. The van der Waals surface area contributed by atoms with Crippen molar-refractivity contribution in [2.24, 2.45) is 0 Å². The maximum atomic E-state index is 13.4. The van der Waals surface area contributed by atoms with Crippen molar-refractivity contribution in [3.63, 3.8) is 0 Å². The lowest BCUT2D eigenvalue weighted by atomic mass is 9.71. The van der Waals surface area contributed by atoms with Crippen LogP contribution in [0.3, 0.4) is 0 Å². The number of nitrogens with two attached hydrogens (primary N) is 1. The number of nitrogens with zero attached hydrogens (tertiary/aromatic N) is 1. The van der Waals surface area contributed by atoms with Crippen molar-refractivity contribution in [3.8, 4) is 0 Å². The van der Waals surface area contributed by atoms with Gasteiger partial charge in [0.15, 0.2) is 5.78 Å². The summed E-state index contributed by atoms with van der Waals surface area (Å²) in [4.78, 5) is 19.2. The zero-order valence-electron chi connectivity index (χ0n) is 16.2. The van der Waals surface area contributed by atoms with E-state index < -0.39 is 0 Å². The molecule has 2 aromatic carbocycles. The van der Waals surface area contributed by atoms with Gasteiger partial charge in [0, 0.05) is 52.0 Å². The Kier molecular flexibility index (Phi) is 3.62. The first kappa shape index (κ1) is 17.3. The van der Waals surface area contributed by atoms with Gasteiger partial charge in [0.2, 0.25) is 0 Å². The molecule has 0 saturated carbocycles. The summed E-state index contributed by atoms with van der Waals surface area (Å²) in [5, 5.41) is 10.7. The molecular weight excluding hydrogens is 350 g/mol. The van der Waals surface area contributed by atoms with E-state index in [1.807, 2.05) is 30.3 Å². The number of anilines is 2. The molecule has 1 aliphatic heterocycles. The lowest BCUT2D eigenvalue weighted by Crippen LogP contribution is -2.36. The first-order valence-corrected chi connectivity index (χ1v) is 9.90. The molecule has 1 aliphatic carbocycles. The van der Waals surface area contributed by atoms with Crippen LogP contribution in [-0.2, 0) is 5.41 Å². The average Bonchev–Trinajstić information content (AvgIpc) is 3.06. The number of fused-ring (bicyclic) bond motifs is 4. The number of carbonyl (C=O) groups is 1. The lowest BCUT2D eigenvalue weighted by Gasteiger charge is -2.35. The standard InChI is InChI=1S/C23H25N3O2/c1-23(2)18-12-14(26-9-7-15(27)8-10-26)4-6-16(18)21(28)20-17-5-3-13(24)11-19(17)25-22(20)23/h3-6,11-12,15,25,27H,7-10,24H2,1-2H3. The van der Waals surface area contributed by atoms with Gasteiger partial charge in [0.25, 0.3) is 0 Å². The van der Waals surface area contributed by atoms with E-state index in [0.29, 0.717) is 5.69 Å². The average molecular weight is 375 g/mol. The number of piperidine rings is 1. The third-order valence-corrected chi connectivity index (χ3v) is 6.43. The molecule has 0 spiro atoms. The fourth-order valence-electron chi connectivity index (χ4n) is 4.76. The lowest BCUT2D eigenvalue weighted by molar-refractivity contribution is 0.103. The summed E-state index contributed by atoms with van der Waals surface area (Å²) >= 11 is 0. The van der Waals surface area contributed by atoms with Crippen molar-refractivity contribution in [1.82, 2.24) is 4.98 Å². The Bertz CT molecular complexity index is 1100. The van der Waals surface area contributed by atoms with Gasteiger partial charge in [-0.3, -0.25) is 4.79 Å². The Morgan fingerprint density at radius 1 is 1.14 bits per heavy atom. The molecule has 5 nitrogen and oxygen atoms in total. The minimum absolute atomic E-state index is 0.0703. The van der Waals surface area contributed by atoms with E-state index in [9.17, 15) is 9.90 Å². The molecule has 2 heterocycles. The molecule has 0 atom stereocenters. The third-order valence-electron chi connectivity index (χ3n) is 6.43. The van der Waals surface area contributed by atoms with Gasteiger partial charge in [0.1, 0.15) is 0 Å². The van der Waals surface area contributed by atoms with Crippen molar-refractivity contribution < 1.29 is 9.90 Å². The highest BCUT2D eigenvalue weighted by atomic mass is 16.3. The summed E-state index contributed by atoms with van der Waals surface area (Å²) in [6.07, 6.45) is 1.37. The highest BCUT2D eigenvalue weighted by Crippen LogP contribution is 2.45. The number of nitrogen functional groups attached to an aromatic ring is 1. The summed E-state index contributed by atoms with van der Waals surface area (Å²) in [5.74, 6) is 0.0703. The van der Waals surface area contributed by atoms with Crippen molar-refractivity contribution in [1.29, 1.82) is 0 Å². The van der Waals surface area contributed by atoms with Crippen LogP contribution < -0.4 is 10.6 Å². The van der Waals surface area contributed by atoms with Crippen LogP contribution in [0.5, 0.6) is 0 Å². The maximum Gasteiger partial charge on any atom is 0.195 e. The molecule has 1 aromatic heterocycles. The zero-order chi connectivity index (χ0) is 19.6. The second kappa shape index (κ2) is 5.85. The first-order valence-electron chi connectivity index (χ1n) is 9.90. The van der Waals surface area contributed by atoms with E-state index in [0.717, 1.165) is 64.9 Å². The van der Waals surface area contributed by atoms with Crippen LogP contribution in [0.15, 0.2) is 36.4 Å². The number of benzene rings is 2. The SMILES string of the molecule is CC1(C)c2cc(N3CCC(O)CC3)ccc2C(=O)c2c1[nH]c1cc(N)ccc21. The van der Waals surface area contributed by atoms with E-state index in [1.54, 1.807) is 0 Å². The van der Waals surface area contributed by atoms with Gasteiger partial charge < -0.3 is 20.7 Å². The largest absolute Gasteiger partial charge is 0.399 e. The number of aromatic nitrogens is 1. The van der Waals surface area contributed by atoms with E-state index in [-0.39, 0.29) is 17.3 Å². The molecule has 1 saturated heterocycles. The quantitative estimate of drug-likeness (QED) is 0.568. The number of H-pyrrole nitrogens is 1. The zero-order valence-corrected chi connectivity index (χ0v) is 16.2. The summed E-state index contributed by atoms with van der Waals surface area (Å²) in [6, 6.07) is 11.9. The maximum absolute atomic E-state index is 13.4. The fourth-order valence-corrected chi connectivity index (χ4v) is 4.76. The van der Waals surface area contributed by atoms with E-state index in [2.05, 4.69) is 29.8 Å². The highest BCUT2D eigenvalue weighted by Gasteiger charge is 2.40. The van der Waals surface area contributed by atoms with Crippen LogP contribution in [-0.4, -0.2) is 35.1 Å². The number of nitrogens with one attached hydrogen (secondary N) is 1. The summed E-state index contributed by atoms with van der Waals surface area (Å²) in [6.45, 7) is 6.01. The topological polar surface area (TPSA) is 82.3 Å². The Labute approximate surface area is 164 Å². The number of ketones is 1. The van der Waals surface area contributed by atoms with Crippen LogP contribution in [0.2, 0.25) is 0 Å². The van der Waals surface area contributed by atoms with Crippen molar-refractivity contribution in [2.75, 3.05) is 23.7 Å². The van der Waals surface area contributed by atoms with Crippen molar-refractivity contribution >= 4 is 28.1 Å². The summed E-state index contributed by atoms with van der Waals surface area (Å²) < 4.78 is 0. The van der Waals surface area contributed by atoms with Crippen molar-refractivity contribution in [3.05, 3.63) is 58.8 Å². The smallest absolute Gasteiger partial charge is 0.195 e. The number of aromatic amines is 1. The van der Waals surface area contributed by atoms with Gasteiger partial charge >= 0.3 is 0 Å². The predicted molar refractivity (Wildman–Crippen MR) is 112 cm³/mol. The number of carbonyl (C=O) groups excluding carboxylic acids is 1. The van der Waals surface area contributed by atoms with Crippen LogP contribution in [0.4, 0.5) is 11.4 Å². The van der Waals surface area contributed by atoms with Gasteiger partial charge in [-0.2, -0.15) is 0 Å². The highest BCUT2D eigenvalue weighted by molar-refractivity contribution is 6.20. The molecule has 0 bridgehead atoms. The van der Waals surface area contributed by atoms with Crippen LogP contribution in [0.25, 0.3) is 10.9 Å². The summed E-state index contributed by atoms with van der Waals surface area (Å²) in [7, 11) is 0. The molecular formula is C23H25N3O2. The number of rotatable bonds is 1. The fraction of sp³-hybridized carbons (Fsp3) is 0.348. The van der Waals surface area contributed by atoms with E-state index >= 15 is 0 Å². The number of aliphatic hydroxyl groups is 1. The molecule has 3 aromatic rings. The molecule has 144 valence electrons. The number of aliphatic hydroxyl groups excluding tert-OH is 1. The third kappa shape index (κ3) is 2.39.